The van der Waals surface area contributed by atoms with E-state index in [2.05, 4.69) is 45.4 Å². The van der Waals surface area contributed by atoms with Crippen LogP contribution in [0, 0.1) is 5.92 Å². The van der Waals surface area contributed by atoms with Crippen LogP contribution in [-0.4, -0.2) is 65.0 Å². The highest BCUT2D eigenvalue weighted by molar-refractivity contribution is 7.09. The van der Waals surface area contributed by atoms with E-state index < -0.39 is 0 Å². The number of aromatic nitrogens is 2. The number of hydrogen-bond acceptors (Lipinski definition) is 6. The molecule has 1 N–H and O–H groups in total. The van der Waals surface area contributed by atoms with Gasteiger partial charge in [0.2, 0.25) is 5.13 Å². The van der Waals surface area contributed by atoms with Crippen LogP contribution in [-0.2, 0) is 0 Å². The van der Waals surface area contributed by atoms with Gasteiger partial charge in [0.15, 0.2) is 0 Å². The zero-order valence-corrected chi connectivity index (χ0v) is 14.2. The molecular formula is C15H27N5S. The van der Waals surface area contributed by atoms with Gasteiger partial charge >= 0.3 is 0 Å². The van der Waals surface area contributed by atoms with E-state index in [0.717, 1.165) is 17.5 Å². The van der Waals surface area contributed by atoms with Crippen LogP contribution in [0.3, 0.4) is 0 Å². The Labute approximate surface area is 131 Å². The van der Waals surface area contributed by atoms with Crippen molar-refractivity contribution >= 4 is 16.7 Å². The summed E-state index contributed by atoms with van der Waals surface area (Å²) in [6.45, 7) is 10.3. The van der Waals surface area contributed by atoms with E-state index in [1.165, 1.54) is 50.6 Å². The van der Waals surface area contributed by atoms with E-state index in [0.29, 0.717) is 17.9 Å². The molecule has 118 valence electrons. The van der Waals surface area contributed by atoms with Crippen LogP contribution in [0.4, 0.5) is 5.13 Å². The van der Waals surface area contributed by atoms with Crippen LogP contribution >= 0.6 is 11.5 Å². The minimum absolute atomic E-state index is 0.576. The molecule has 2 heterocycles. The molecule has 0 spiro atoms. The zero-order chi connectivity index (χ0) is 14.8. The van der Waals surface area contributed by atoms with Gasteiger partial charge in [0.05, 0.1) is 0 Å². The van der Waals surface area contributed by atoms with Gasteiger partial charge in [0.1, 0.15) is 5.82 Å². The quantitative estimate of drug-likeness (QED) is 0.872. The number of rotatable bonds is 6. The minimum atomic E-state index is 0.576. The molecule has 1 unspecified atom stereocenters. The maximum atomic E-state index is 4.63. The molecule has 1 saturated heterocycles. The Morgan fingerprint density at radius 3 is 2.57 bits per heavy atom. The monoisotopic (exact) mass is 309 g/mol. The summed E-state index contributed by atoms with van der Waals surface area (Å²) < 4.78 is 4.47. The molecule has 2 fully saturated rings. The lowest BCUT2D eigenvalue weighted by Gasteiger charge is -2.39. The SMILES string of the molecule is CC(C)C(CNc1nc(C2CC2)ns1)N1CCN(C)CC1. The number of nitrogens with one attached hydrogen (secondary N) is 1. The van der Waals surface area contributed by atoms with Crippen molar-refractivity contribution in [3.05, 3.63) is 5.82 Å². The van der Waals surface area contributed by atoms with Gasteiger partial charge in [-0.15, -0.1) is 0 Å². The average molecular weight is 309 g/mol. The molecule has 0 radical (unpaired) electrons. The van der Waals surface area contributed by atoms with Crippen molar-refractivity contribution in [2.45, 2.75) is 38.6 Å². The highest BCUT2D eigenvalue weighted by Gasteiger charge is 2.28. The summed E-state index contributed by atoms with van der Waals surface area (Å²) in [6.07, 6.45) is 2.54. The highest BCUT2D eigenvalue weighted by Crippen LogP contribution is 2.39. The molecule has 5 nitrogen and oxygen atoms in total. The Morgan fingerprint density at radius 2 is 1.95 bits per heavy atom. The Balaban J connectivity index is 1.54. The summed E-state index contributed by atoms with van der Waals surface area (Å²) in [5.41, 5.74) is 0. The van der Waals surface area contributed by atoms with Gasteiger partial charge in [0, 0.05) is 56.2 Å². The maximum Gasteiger partial charge on any atom is 0.202 e. The molecule has 0 bridgehead atoms. The number of piperazine rings is 1. The third kappa shape index (κ3) is 3.93. The predicted octanol–water partition coefficient (Wildman–Crippen LogP) is 2.10. The lowest BCUT2D eigenvalue weighted by Crippen LogP contribution is -2.52. The molecule has 1 aromatic rings. The molecule has 6 heteroatoms. The van der Waals surface area contributed by atoms with E-state index in [1.807, 2.05) is 0 Å². The molecule has 1 aromatic heterocycles. The molecular weight excluding hydrogens is 282 g/mol. The van der Waals surface area contributed by atoms with Gasteiger partial charge < -0.3 is 10.2 Å². The third-order valence-corrected chi connectivity index (χ3v) is 5.31. The average Bonchev–Trinajstić information content (AvgIpc) is 3.20. The number of anilines is 1. The summed E-state index contributed by atoms with van der Waals surface area (Å²) in [6, 6.07) is 0.576. The van der Waals surface area contributed by atoms with E-state index in [1.54, 1.807) is 0 Å². The summed E-state index contributed by atoms with van der Waals surface area (Å²) in [7, 11) is 2.21. The number of hydrogen-bond donors (Lipinski definition) is 1. The van der Waals surface area contributed by atoms with Crippen molar-refractivity contribution in [2.24, 2.45) is 5.92 Å². The van der Waals surface area contributed by atoms with Crippen molar-refractivity contribution in [1.82, 2.24) is 19.2 Å². The minimum Gasteiger partial charge on any atom is -0.359 e. The van der Waals surface area contributed by atoms with E-state index in [4.69, 9.17) is 0 Å². The molecule has 21 heavy (non-hydrogen) atoms. The summed E-state index contributed by atoms with van der Waals surface area (Å²) >= 11 is 1.52. The fourth-order valence-corrected chi connectivity index (χ4v) is 3.60. The standard InChI is InChI=1S/C15H27N5S/c1-11(2)13(20-8-6-19(3)7-9-20)10-16-15-17-14(18-21-15)12-4-5-12/h11-13H,4-10H2,1-3H3,(H,16,17,18). The fraction of sp³-hybridized carbons (Fsp3) is 0.867. The second-order valence-electron chi connectivity index (χ2n) is 6.76. The molecule has 2 aliphatic rings. The predicted molar refractivity (Wildman–Crippen MR) is 88.1 cm³/mol. The van der Waals surface area contributed by atoms with Crippen molar-refractivity contribution in [2.75, 3.05) is 45.1 Å². The Kier molecular flexibility index (Phi) is 4.76. The van der Waals surface area contributed by atoms with Crippen LogP contribution in [0.2, 0.25) is 0 Å². The topological polar surface area (TPSA) is 44.3 Å². The molecule has 1 aliphatic carbocycles. The van der Waals surface area contributed by atoms with E-state index in [-0.39, 0.29) is 0 Å². The normalized spacial score (nSPS) is 22.7. The van der Waals surface area contributed by atoms with E-state index in [9.17, 15) is 0 Å². The van der Waals surface area contributed by atoms with Crippen LogP contribution in [0.1, 0.15) is 38.4 Å². The molecule has 1 aliphatic heterocycles. The van der Waals surface area contributed by atoms with Gasteiger partial charge in [0.25, 0.3) is 0 Å². The van der Waals surface area contributed by atoms with Gasteiger partial charge in [-0.05, 0) is 25.8 Å². The van der Waals surface area contributed by atoms with Crippen molar-refractivity contribution < 1.29 is 0 Å². The van der Waals surface area contributed by atoms with Gasteiger partial charge in [-0.1, -0.05) is 13.8 Å². The van der Waals surface area contributed by atoms with Crippen LogP contribution in [0.5, 0.6) is 0 Å². The molecule has 0 amide bonds. The smallest absolute Gasteiger partial charge is 0.202 e. The van der Waals surface area contributed by atoms with Gasteiger partial charge in [-0.25, -0.2) is 4.98 Å². The van der Waals surface area contributed by atoms with Crippen molar-refractivity contribution in [3.63, 3.8) is 0 Å². The lowest BCUT2D eigenvalue weighted by molar-refractivity contribution is 0.0944. The first-order valence-corrected chi connectivity index (χ1v) is 8.91. The third-order valence-electron chi connectivity index (χ3n) is 4.62. The second-order valence-corrected chi connectivity index (χ2v) is 7.52. The first-order valence-electron chi connectivity index (χ1n) is 8.13. The Hall–Kier alpha value is -0.720. The molecule has 0 aromatic carbocycles. The largest absolute Gasteiger partial charge is 0.359 e. The molecule has 3 rings (SSSR count). The zero-order valence-electron chi connectivity index (χ0n) is 13.4. The summed E-state index contributed by atoms with van der Waals surface area (Å²) in [4.78, 5) is 9.67. The number of likely N-dealkylation sites (N-methyl/N-ethyl adjacent to an activating group) is 1. The maximum absolute atomic E-state index is 4.63. The van der Waals surface area contributed by atoms with Gasteiger partial charge in [-0.3, -0.25) is 4.90 Å². The van der Waals surface area contributed by atoms with Crippen LogP contribution in [0.15, 0.2) is 0 Å². The Morgan fingerprint density at radius 1 is 1.24 bits per heavy atom. The lowest BCUT2D eigenvalue weighted by atomic mass is 10.0. The van der Waals surface area contributed by atoms with Gasteiger partial charge in [-0.2, -0.15) is 4.37 Å². The first-order chi connectivity index (χ1) is 10.1. The van der Waals surface area contributed by atoms with E-state index >= 15 is 0 Å². The summed E-state index contributed by atoms with van der Waals surface area (Å²) in [5, 5.41) is 4.52. The summed E-state index contributed by atoms with van der Waals surface area (Å²) in [5.74, 6) is 2.36. The first kappa shape index (κ1) is 15.2. The van der Waals surface area contributed by atoms with Crippen LogP contribution < -0.4 is 5.32 Å². The molecule has 1 atom stereocenters. The molecule has 1 saturated carbocycles. The number of nitrogens with zero attached hydrogens (tertiary/aromatic N) is 4. The van der Waals surface area contributed by atoms with Crippen molar-refractivity contribution in [3.8, 4) is 0 Å². The van der Waals surface area contributed by atoms with Crippen LogP contribution in [0.25, 0.3) is 0 Å². The highest BCUT2D eigenvalue weighted by atomic mass is 32.1. The Bertz CT molecular complexity index is 449. The second kappa shape index (κ2) is 6.58. The van der Waals surface area contributed by atoms with Crippen molar-refractivity contribution in [1.29, 1.82) is 0 Å². The fourth-order valence-electron chi connectivity index (χ4n) is 2.95.